The summed E-state index contributed by atoms with van der Waals surface area (Å²) < 4.78 is 22.3. The van der Waals surface area contributed by atoms with Crippen LogP contribution in [0, 0.1) is 0 Å². The molecular weight excluding hydrogens is 452 g/mol. The Hall–Kier alpha value is -3.26. The number of nitrogens with zero attached hydrogens (tertiary/aromatic N) is 1. The van der Waals surface area contributed by atoms with E-state index in [1.807, 2.05) is 36.4 Å². The summed E-state index contributed by atoms with van der Waals surface area (Å²) in [7, 11) is 4.59. The number of methoxy groups -OCH3 is 3. The van der Waals surface area contributed by atoms with Gasteiger partial charge in [0, 0.05) is 5.56 Å². The van der Waals surface area contributed by atoms with Crippen LogP contribution in [0.15, 0.2) is 58.1 Å². The molecule has 3 aromatic carbocycles. The number of hydrogen-bond acceptors (Lipinski definition) is 6. The summed E-state index contributed by atoms with van der Waals surface area (Å²) in [5, 5.41) is 6.05. The number of nitrogens with one attached hydrogen (secondary N) is 1. The number of hydrogen-bond donors (Lipinski definition) is 1. The molecule has 1 N–H and O–H groups in total. The molecule has 0 heterocycles. The molecular formula is C22H21BrN2O5. The van der Waals surface area contributed by atoms with Crippen LogP contribution in [0.25, 0.3) is 10.8 Å². The van der Waals surface area contributed by atoms with Gasteiger partial charge in [0.2, 0.25) is 5.75 Å². The molecule has 30 heavy (non-hydrogen) atoms. The molecule has 3 aromatic rings. The van der Waals surface area contributed by atoms with E-state index in [1.165, 1.54) is 27.5 Å². The van der Waals surface area contributed by atoms with Gasteiger partial charge in [-0.25, -0.2) is 5.43 Å². The minimum atomic E-state index is -0.390. The van der Waals surface area contributed by atoms with Crippen molar-refractivity contribution in [3.63, 3.8) is 0 Å². The molecule has 0 aromatic heterocycles. The Bertz CT molecular complexity index is 1060. The van der Waals surface area contributed by atoms with Crippen molar-refractivity contribution in [2.24, 2.45) is 5.10 Å². The van der Waals surface area contributed by atoms with Crippen molar-refractivity contribution in [2.45, 2.75) is 0 Å². The molecule has 0 saturated heterocycles. The van der Waals surface area contributed by atoms with Crippen molar-refractivity contribution in [1.29, 1.82) is 0 Å². The summed E-state index contributed by atoms with van der Waals surface area (Å²) in [6.07, 6.45) is 1.48. The molecule has 0 bridgehead atoms. The maximum Gasteiger partial charge on any atom is 0.277 e. The van der Waals surface area contributed by atoms with E-state index in [2.05, 4.69) is 26.5 Å². The molecule has 1 amide bonds. The number of rotatable bonds is 8. The Kier molecular flexibility index (Phi) is 7.13. The normalized spacial score (nSPS) is 10.8. The van der Waals surface area contributed by atoms with Crippen molar-refractivity contribution < 1.29 is 23.7 Å². The number of carbonyl (C=O) groups is 1. The van der Waals surface area contributed by atoms with Crippen LogP contribution in [0.3, 0.4) is 0 Å². The molecule has 3 rings (SSSR count). The van der Waals surface area contributed by atoms with Crippen molar-refractivity contribution in [1.82, 2.24) is 5.43 Å². The zero-order chi connectivity index (χ0) is 21.5. The van der Waals surface area contributed by atoms with Gasteiger partial charge in [0.1, 0.15) is 5.75 Å². The second-order valence-corrected chi connectivity index (χ2v) is 6.93. The smallest absolute Gasteiger partial charge is 0.277 e. The van der Waals surface area contributed by atoms with E-state index in [9.17, 15) is 4.79 Å². The average Bonchev–Trinajstić information content (AvgIpc) is 2.78. The summed E-state index contributed by atoms with van der Waals surface area (Å²) in [5.41, 5.74) is 3.11. The Morgan fingerprint density at radius 1 is 1.00 bits per heavy atom. The lowest BCUT2D eigenvalue weighted by molar-refractivity contribution is -0.123. The van der Waals surface area contributed by atoms with Crippen LogP contribution in [-0.4, -0.2) is 40.1 Å². The summed E-state index contributed by atoms with van der Waals surface area (Å²) >= 11 is 3.53. The molecule has 0 spiro atoms. The first-order valence-electron chi connectivity index (χ1n) is 8.99. The first kappa shape index (κ1) is 21.4. The third-order valence-electron chi connectivity index (χ3n) is 4.28. The average molecular weight is 473 g/mol. The molecule has 0 fully saturated rings. The van der Waals surface area contributed by atoms with E-state index in [1.54, 1.807) is 12.1 Å². The van der Waals surface area contributed by atoms with Gasteiger partial charge in [-0.3, -0.25) is 4.79 Å². The maximum atomic E-state index is 12.1. The molecule has 0 aliphatic carbocycles. The van der Waals surface area contributed by atoms with Crippen LogP contribution in [0.4, 0.5) is 0 Å². The van der Waals surface area contributed by atoms with Gasteiger partial charge in [-0.15, -0.1) is 0 Å². The van der Waals surface area contributed by atoms with Gasteiger partial charge in [0.05, 0.1) is 32.0 Å². The monoisotopic (exact) mass is 472 g/mol. The third kappa shape index (κ3) is 4.83. The van der Waals surface area contributed by atoms with Crippen LogP contribution in [-0.2, 0) is 4.79 Å². The molecule has 0 radical (unpaired) electrons. The Morgan fingerprint density at radius 3 is 2.37 bits per heavy atom. The zero-order valence-corrected chi connectivity index (χ0v) is 18.4. The van der Waals surface area contributed by atoms with Gasteiger partial charge in [-0.2, -0.15) is 5.10 Å². The van der Waals surface area contributed by atoms with Crippen LogP contribution in [0.1, 0.15) is 5.56 Å². The van der Waals surface area contributed by atoms with Crippen molar-refractivity contribution >= 4 is 38.8 Å². The van der Waals surface area contributed by atoms with Crippen molar-refractivity contribution in [3.8, 4) is 23.0 Å². The molecule has 0 unspecified atom stereocenters. The Labute approximate surface area is 182 Å². The lowest BCUT2D eigenvalue weighted by Crippen LogP contribution is -2.24. The lowest BCUT2D eigenvalue weighted by Gasteiger charge is -2.12. The fourth-order valence-electron chi connectivity index (χ4n) is 2.86. The van der Waals surface area contributed by atoms with E-state index < -0.39 is 5.91 Å². The predicted molar refractivity (Wildman–Crippen MR) is 119 cm³/mol. The number of halogens is 1. The van der Waals surface area contributed by atoms with Gasteiger partial charge < -0.3 is 18.9 Å². The highest BCUT2D eigenvalue weighted by Crippen LogP contribution is 2.37. The summed E-state index contributed by atoms with van der Waals surface area (Å²) in [4.78, 5) is 12.1. The van der Waals surface area contributed by atoms with Crippen LogP contribution < -0.4 is 24.4 Å². The largest absolute Gasteiger partial charge is 0.493 e. The minimum Gasteiger partial charge on any atom is -0.493 e. The third-order valence-corrected chi connectivity index (χ3v) is 5.09. The lowest BCUT2D eigenvalue weighted by atomic mass is 10.1. The Morgan fingerprint density at radius 2 is 1.70 bits per heavy atom. The molecule has 7 nitrogen and oxygen atoms in total. The summed E-state index contributed by atoms with van der Waals surface area (Å²) in [6.45, 7) is -0.177. The van der Waals surface area contributed by atoms with Gasteiger partial charge in [0.25, 0.3) is 5.91 Å². The molecule has 156 valence electrons. The number of hydrazone groups is 1. The second-order valence-electron chi connectivity index (χ2n) is 6.14. The summed E-state index contributed by atoms with van der Waals surface area (Å²) in [6, 6.07) is 15.1. The fourth-order valence-corrected chi connectivity index (χ4v) is 3.46. The van der Waals surface area contributed by atoms with E-state index in [0.717, 1.165) is 15.2 Å². The molecule has 0 atom stereocenters. The fraction of sp³-hybridized carbons (Fsp3) is 0.182. The number of amides is 1. The highest BCUT2D eigenvalue weighted by molar-refractivity contribution is 9.10. The first-order chi connectivity index (χ1) is 14.6. The molecule has 8 heteroatoms. The summed E-state index contributed by atoms with van der Waals surface area (Å²) in [5.74, 6) is 1.66. The van der Waals surface area contributed by atoms with Crippen molar-refractivity contribution in [3.05, 3.63) is 58.6 Å². The van der Waals surface area contributed by atoms with Gasteiger partial charge in [-0.1, -0.05) is 30.3 Å². The maximum absolute atomic E-state index is 12.1. The molecule has 0 aliphatic heterocycles. The van der Waals surface area contributed by atoms with E-state index in [4.69, 9.17) is 18.9 Å². The highest BCUT2D eigenvalue weighted by atomic mass is 79.9. The van der Waals surface area contributed by atoms with Gasteiger partial charge in [0.15, 0.2) is 18.1 Å². The topological polar surface area (TPSA) is 78.4 Å². The van der Waals surface area contributed by atoms with Gasteiger partial charge >= 0.3 is 0 Å². The van der Waals surface area contributed by atoms with Crippen LogP contribution in [0.2, 0.25) is 0 Å². The molecule has 0 aliphatic rings. The number of carbonyl (C=O) groups excluding carboxylic acids is 1. The quantitative estimate of drug-likeness (QED) is 0.393. The van der Waals surface area contributed by atoms with E-state index in [0.29, 0.717) is 28.6 Å². The number of ether oxygens (including phenoxy) is 4. The van der Waals surface area contributed by atoms with Crippen LogP contribution >= 0.6 is 15.9 Å². The standard InChI is InChI=1S/C22H21BrN2O5/c1-27-18-10-14(11-19(28-2)22(18)29-3)12-24-25-20(26)13-30-17-9-8-15-6-4-5-7-16(15)21(17)23/h4-12H,13H2,1-3H3,(H,25,26)/b24-12+. The molecule has 0 saturated carbocycles. The predicted octanol–water partition coefficient (Wildman–Crippen LogP) is 4.16. The zero-order valence-electron chi connectivity index (χ0n) is 16.8. The van der Waals surface area contributed by atoms with Crippen LogP contribution in [0.5, 0.6) is 23.0 Å². The SMILES string of the molecule is COc1cc(/C=N/NC(=O)COc2ccc3ccccc3c2Br)cc(OC)c1OC. The van der Waals surface area contributed by atoms with Gasteiger partial charge in [-0.05, 0) is 44.9 Å². The number of fused-ring (bicyclic) bond motifs is 1. The second kappa shape index (κ2) is 9.98. The first-order valence-corrected chi connectivity index (χ1v) is 9.78. The minimum absolute atomic E-state index is 0.177. The Balaban J connectivity index is 1.62. The van der Waals surface area contributed by atoms with E-state index in [-0.39, 0.29) is 6.61 Å². The highest BCUT2D eigenvalue weighted by Gasteiger charge is 2.12. The number of benzene rings is 3. The van der Waals surface area contributed by atoms with E-state index >= 15 is 0 Å². The van der Waals surface area contributed by atoms with Crippen molar-refractivity contribution in [2.75, 3.05) is 27.9 Å².